The van der Waals surface area contributed by atoms with Crippen molar-refractivity contribution in [3.05, 3.63) is 29.3 Å². The predicted molar refractivity (Wildman–Crippen MR) is 82.3 cm³/mol. The fraction of sp³-hybridized carbons (Fsp3) is 0.562. The number of fused-ring (bicyclic) bond motifs is 1. The summed E-state index contributed by atoms with van der Waals surface area (Å²) in [4.78, 5) is 11.6. The molecule has 1 atom stereocenters. The van der Waals surface area contributed by atoms with Gasteiger partial charge in [0.25, 0.3) is 0 Å². The second-order valence-corrected chi connectivity index (χ2v) is 7.99. The average Bonchev–Trinajstić information content (AvgIpc) is 2.54. The maximum absolute atomic E-state index is 12.9. The number of piperidine rings is 1. The lowest BCUT2D eigenvalue weighted by Crippen LogP contribution is -2.47. The first-order valence-corrected chi connectivity index (χ1v) is 9.30. The van der Waals surface area contributed by atoms with Gasteiger partial charge in [0.05, 0.1) is 4.90 Å². The van der Waals surface area contributed by atoms with E-state index in [1.165, 1.54) is 9.87 Å². The van der Waals surface area contributed by atoms with E-state index in [1.54, 1.807) is 12.1 Å². The third kappa shape index (κ3) is 2.77. The van der Waals surface area contributed by atoms with E-state index in [2.05, 4.69) is 0 Å². The summed E-state index contributed by atoms with van der Waals surface area (Å²) in [6, 6.07) is 4.33. The van der Waals surface area contributed by atoms with E-state index >= 15 is 0 Å². The molecule has 2 aliphatic rings. The molecule has 1 unspecified atom stereocenters. The van der Waals surface area contributed by atoms with Crippen LogP contribution in [0.1, 0.15) is 43.2 Å². The first kappa shape index (κ1) is 15.5. The lowest BCUT2D eigenvalue weighted by Gasteiger charge is -2.32. The van der Waals surface area contributed by atoms with Crippen molar-refractivity contribution in [1.29, 1.82) is 0 Å². The number of aliphatic carboxylic acids is 1. The van der Waals surface area contributed by atoms with E-state index in [9.17, 15) is 18.3 Å². The number of hydrogen-bond donors (Lipinski definition) is 1. The normalized spacial score (nSPS) is 23.0. The molecule has 22 heavy (non-hydrogen) atoms. The molecule has 1 fully saturated rings. The second kappa shape index (κ2) is 6.01. The molecular weight excluding hydrogens is 302 g/mol. The van der Waals surface area contributed by atoms with Crippen molar-refractivity contribution in [3.8, 4) is 0 Å². The monoisotopic (exact) mass is 323 g/mol. The molecule has 0 spiro atoms. The molecule has 0 saturated carbocycles. The van der Waals surface area contributed by atoms with Crippen molar-refractivity contribution >= 4 is 16.0 Å². The Morgan fingerprint density at radius 3 is 2.55 bits per heavy atom. The minimum atomic E-state index is -3.74. The Balaban J connectivity index is 1.96. The van der Waals surface area contributed by atoms with Gasteiger partial charge in [0.15, 0.2) is 0 Å². The van der Waals surface area contributed by atoms with Gasteiger partial charge in [-0.25, -0.2) is 8.42 Å². The summed E-state index contributed by atoms with van der Waals surface area (Å²) >= 11 is 0. The van der Waals surface area contributed by atoms with E-state index < -0.39 is 22.0 Å². The number of carboxylic acids is 1. The average molecular weight is 323 g/mol. The zero-order valence-electron chi connectivity index (χ0n) is 12.5. The van der Waals surface area contributed by atoms with Crippen LogP contribution < -0.4 is 0 Å². The highest BCUT2D eigenvalue weighted by Gasteiger charge is 2.37. The molecule has 1 heterocycles. The summed E-state index contributed by atoms with van der Waals surface area (Å²) in [5.74, 6) is -1.05. The van der Waals surface area contributed by atoms with Gasteiger partial charge in [-0.05, 0) is 68.2 Å². The number of aryl methyl sites for hydroxylation is 2. The molecule has 0 bridgehead atoms. The van der Waals surface area contributed by atoms with Crippen molar-refractivity contribution < 1.29 is 18.3 Å². The Morgan fingerprint density at radius 2 is 1.82 bits per heavy atom. The van der Waals surface area contributed by atoms with Crippen molar-refractivity contribution in [1.82, 2.24) is 4.31 Å². The molecule has 1 N–H and O–H groups in total. The number of hydrogen-bond acceptors (Lipinski definition) is 3. The summed E-state index contributed by atoms with van der Waals surface area (Å²) in [6.45, 7) is 0.288. The minimum absolute atomic E-state index is 0.237. The van der Waals surface area contributed by atoms with Gasteiger partial charge in [-0.1, -0.05) is 6.07 Å². The van der Waals surface area contributed by atoms with Gasteiger partial charge in [-0.15, -0.1) is 0 Å². The van der Waals surface area contributed by atoms with Crippen LogP contribution in [0.15, 0.2) is 23.1 Å². The quantitative estimate of drug-likeness (QED) is 0.925. The molecule has 120 valence electrons. The molecule has 3 rings (SSSR count). The Hall–Kier alpha value is -1.40. The van der Waals surface area contributed by atoms with Gasteiger partial charge in [0.1, 0.15) is 6.04 Å². The predicted octanol–water partition coefficient (Wildman–Crippen LogP) is 2.19. The number of benzene rings is 1. The summed E-state index contributed by atoms with van der Waals surface area (Å²) in [5, 5.41) is 9.30. The number of rotatable bonds is 3. The van der Waals surface area contributed by atoms with Crippen LogP contribution in [0.2, 0.25) is 0 Å². The van der Waals surface area contributed by atoms with Gasteiger partial charge in [-0.3, -0.25) is 4.79 Å². The maximum atomic E-state index is 12.9. The molecule has 5 nitrogen and oxygen atoms in total. The van der Waals surface area contributed by atoms with Crippen LogP contribution in [-0.4, -0.2) is 36.4 Å². The molecule has 1 aliphatic carbocycles. The number of sulfonamides is 1. The van der Waals surface area contributed by atoms with Crippen LogP contribution >= 0.6 is 0 Å². The molecule has 6 heteroatoms. The Kier molecular flexibility index (Phi) is 4.23. The Morgan fingerprint density at radius 1 is 1.09 bits per heavy atom. The molecule has 0 amide bonds. The summed E-state index contributed by atoms with van der Waals surface area (Å²) in [7, 11) is -3.74. The van der Waals surface area contributed by atoms with Crippen LogP contribution in [0.4, 0.5) is 0 Å². The van der Waals surface area contributed by atoms with Gasteiger partial charge in [-0.2, -0.15) is 4.31 Å². The lowest BCUT2D eigenvalue weighted by atomic mass is 9.92. The minimum Gasteiger partial charge on any atom is -0.480 e. The first-order valence-electron chi connectivity index (χ1n) is 7.86. The largest absolute Gasteiger partial charge is 0.480 e. The smallest absolute Gasteiger partial charge is 0.322 e. The van der Waals surface area contributed by atoms with Crippen LogP contribution in [0.5, 0.6) is 0 Å². The third-order valence-electron chi connectivity index (χ3n) is 4.67. The fourth-order valence-electron chi connectivity index (χ4n) is 3.45. The molecule has 1 aliphatic heterocycles. The lowest BCUT2D eigenvalue weighted by molar-refractivity contribution is -0.142. The van der Waals surface area contributed by atoms with Gasteiger partial charge < -0.3 is 5.11 Å². The van der Waals surface area contributed by atoms with Gasteiger partial charge in [0, 0.05) is 6.54 Å². The third-order valence-corrected chi connectivity index (χ3v) is 6.57. The van der Waals surface area contributed by atoms with Crippen molar-refractivity contribution in [2.75, 3.05) is 6.54 Å². The summed E-state index contributed by atoms with van der Waals surface area (Å²) < 4.78 is 26.9. The van der Waals surface area contributed by atoms with Crippen LogP contribution in [0, 0.1) is 0 Å². The Bertz CT molecular complexity index is 683. The standard InChI is InChI=1S/C16H21NO4S/c18-16(19)15-7-3-4-10-17(15)22(20,21)14-9-8-12-5-1-2-6-13(12)11-14/h8-9,11,15H,1-7,10H2,(H,18,19). The number of carboxylic acid groups (broad SMARTS) is 1. The van der Waals surface area contributed by atoms with Crippen LogP contribution in [-0.2, 0) is 27.7 Å². The molecule has 0 aromatic heterocycles. The highest BCUT2D eigenvalue weighted by atomic mass is 32.2. The van der Waals surface area contributed by atoms with E-state index in [1.807, 2.05) is 6.07 Å². The van der Waals surface area contributed by atoms with E-state index in [0.29, 0.717) is 12.8 Å². The van der Waals surface area contributed by atoms with E-state index in [4.69, 9.17) is 0 Å². The zero-order valence-corrected chi connectivity index (χ0v) is 13.3. The van der Waals surface area contributed by atoms with Crippen molar-refractivity contribution in [2.24, 2.45) is 0 Å². The maximum Gasteiger partial charge on any atom is 0.322 e. The zero-order chi connectivity index (χ0) is 15.7. The first-order chi connectivity index (χ1) is 10.5. The molecule has 1 aromatic rings. The SMILES string of the molecule is O=C(O)C1CCCCN1S(=O)(=O)c1ccc2c(c1)CCCC2. The highest BCUT2D eigenvalue weighted by molar-refractivity contribution is 7.89. The second-order valence-electron chi connectivity index (χ2n) is 6.10. The summed E-state index contributed by atoms with van der Waals surface area (Å²) in [6.07, 6.45) is 5.99. The topological polar surface area (TPSA) is 74.7 Å². The van der Waals surface area contributed by atoms with E-state index in [-0.39, 0.29) is 11.4 Å². The van der Waals surface area contributed by atoms with Crippen molar-refractivity contribution in [3.63, 3.8) is 0 Å². The van der Waals surface area contributed by atoms with E-state index in [0.717, 1.165) is 37.7 Å². The Labute approximate surface area is 131 Å². The van der Waals surface area contributed by atoms with Gasteiger partial charge in [0.2, 0.25) is 10.0 Å². The highest BCUT2D eigenvalue weighted by Crippen LogP contribution is 2.29. The van der Waals surface area contributed by atoms with Crippen molar-refractivity contribution in [2.45, 2.75) is 55.9 Å². The van der Waals surface area contributed by atoms with Gasteiger partial charge >= 0.3 is 5.97 Å². The number of carbonyl (C=O) groups is 1. The molecule has 0 radical (unpaired) electrons. The molecular formula is C16H21NO4S. The number of nitrogens with zero attached hydrogens (tertiary/aromatic N) is 1. The summed E-state index contributed by atoms with van der Waals surface area (Å²) in [5.41, 5.74) is 2.31. The fourth-order valence-corrected chi connectivity index (χ4v) is 5.15. The molecule has 1 aromatic carbocycles. The van der Waals surface area contributed by atoms with Crippen LogP contribution in [0.3, 0.4) is 0 Å². The van der Waals surface area contributed by atoms with Crippen LogP contribution in [0.25, 0.3) is 0 Å². The molecule has 1 saturated heterocycles.